The summed E-state index contributed by atoms with van der Waals surface area (Å²) < 4.78 is 5.32. The third-order valence-corrected chi connectivity index (χ3v) is 4.33. The molecule has 2 aliphatic heterocycles. The predicted octanol–water partition coefficient (Wildman–Crippen LogP) is -0.567. The maximum Gasteiger partial charge on any atom is 0.314 e. The normalized spacial score (nSPS) is 34.0. The van der Waals surface area contributed by atoms with E-state index >= 15 is 0 Å². The summed E-state index contributed by atoms with van der Waals surface area (Å²) >= 11 is 0. The van der Waals surface area contributed by atoms with Crippen molar-refractivity contribution in [2.45, 2.75) is 37.9 Å². The fourth-order valence-corrected chi connectivity index (χ4v) is 2.78. The van der Waals surface area contributed by atoms with E-state index < -0.39 is 11.6 Å². The van der Waals surface area contributed by atoms with Gasteiger partial charge in [0.1, 0.15) is 5.60 Å². The topological polar surface area (TPSA) is 105 Å². The Labute approximate surface area is 118 Å². The first-order chi connectivity index (χ1) is 9.42. The lowest BCUT2D eigenvalue weighted by Crippen LogP contribution is -2.51. The lowest BCUT2D eigenvalue weighted by molar-refractivity contribution is -0.128. The molecule has 0 bridgehead atoms. The number of ether oxygens (including phenoxy) is 1. The van der Waals surface area contributed by atoms with E-state index in [4.69, 9.17) is 10.5 Å². The highest BCUT2D eigenvalue weighted by Crippen LogP contribution is 2.25. The Balaban J connectivity index is 1.84. The Morgan fingerprint density at radius 3 is 2.90 bits per heavy atom. The summed E-state index contributed by atoms with van der Waals surface area (Å²) in [5, 5.41) is 13.1. The minimum absolute atomic E-state index is 0.136. The molecule has 2 rings (SSSR count). The number of nitrogens with two attached hydrogens (primary N) is 1. The summed E-state index contributed by atoms with van der Waals surface area (Å²) in [6.45, 7) is 3.45. The Morgan fingerprint density at radius 2 is 2.30 bits per heavy atom. The second-order valence-electron chi connectivity index (χ2n) is 5.71. The maximum atomic E-state index is 12.1. The number of likely N-dealkylation sites (tertiary alicyclic amines) is 1. The molecule has 3 unspecified atom stereocenters. The molecule has 0 radical (unpaired) electrons. The number of hydrogen-bond donors (Lipinski definition) is 3. The molecule has 0 aromatic rings. The van der Waals surface area contributed by atoms with Crippen LogP contribution in [0.15, 0.2) is 0 Å². The van der Waals surface area contributed by atoms with Gasteiger partial charge < -0.3 is 25.8 Å². The minimum Gasteiger partial charge on any atom is -0.385 e. The van der Waals surface area contributed by atoms with Gasteiger partial charge in [-0.1, -0.05) is 0 Å². The van der Waals surface area contributed by atoms with Crippen LogP contribution in [0.2, 0.25) is 0 Å². The number of carbonyl (C=O) groups excluding carboxylic acids is 2. The number of carbonyl (C=O) groups is 2. The largest absolute Gasteiger partial charge is 0.385 e. The molecule has 3 atom stereocenters. The van der Waals surface area contributed by atoms with Gasteiger partial charge in [0, 0.05) is 32.7 Å². The van der Waals surface area contributed by atoms with Crippen LogP contribution in [-0.4, -0.2) is 59.9 Å². The van der Waals surface area contributed by atoms with Crippen molar-refractivity contribution >= 4 is 11.9 Å². The monoisotopic (exact) mass is 285 g/mol. The molecule has 0 aromatic heterocycles. The third-order valence-electron chi connectivity index (χ3n) is 4.33. The van der Waals surface area contributed by atoms with Crippen LogP contribution < -0.4 is 11.1 Å². The molecule has 2 fully saturated rings. The van der Waals surface area contributed by atoms with Crippen LogP contribution in [0.4, 0.5) is 4.79 Å². The molecule has 0 saturated carbocycles. The van der Waals surface area contributed by atoms with Crippen molar-refractivity contribution in [2.75, 3.05) is 26.2 Å². The van der Waals surface area contributed by atoms with E-state index in [-0.39, 0.29) is 24.5 Å². The predicted molar refractivity (Wildman–Crippen MR) is 71.9 cm³/mol. The molecule has 7 heteroatoms. The van der Waals surface area contributed by atoms with E-state index in [2.05, 4.69) is 5.32 Å². The molecule has 2 heterocycles. The highest BCUT2D eigenvalue weighted by atomic mass is 16.5. The van der Waals surface area contributed by atoms with E-state index in [0.717, 1.165) is 12.8 Å². The van der Waals surface area contributed by atoms with Crippen molar-refractivity contribution in [2.24, 2.45) is 11.7 Å². The zero-order valence-corrected chi connectivity index (χ0v) is 11.8. The van der Waals surface area contributed by atoms with E-state index in [9.17, 15) is 14.7 Å². The van der Waals surface area contributed by atoms with Crippen molar-refractivity contribution in [3.8, 4) is 0 Å². The van der Waals surface area contributed by atoms with Crippen LogP contribution in [0, 0.1) is 5.92 Å². The molecule has 0 spiro atoms. The van der Waals surface area contributed by atoms with Gasteiger partial charge in [0.25, 0.3) is 0 Å². The van der Waals surface area contributed by atoms with Crippen molar-refractivity contribution in [3.05, 3.63) is 0 Å². The highest BCUT2D eigenvalue weighted by molar-refractivity contribution is 5.80. The molecule has 4 N–H and O–H groups in total. The summed E-state index contributed by atoms with van der Waals surface area (Å²) in [4.78, 5) is 24.8. The first kappa shape index (κ1) is 15.1. The van der Waals surface area contributed by atoms with Crippen LogP contribution in [0.5, 0.6) is 0 Å². The number of rotatable bonds is 3. The van der Waals surface area contributed by atoms with Crippen LogP contribution >= 0.6 is 0 Å². The fraction of sp³-hybridized carbons (Fsp3) is 0.846. The molecular formula is C13H23N3O4. The molecule has 0 aliphatic carbocycles. The minimum atomic E-state index is -0.992. The van der Waals surface area contributed by atoms with Crippen molar-refractivity contribution < 1.29 is 19.4 Å². The van der Waals surface area contributed by atoms with Gasteiger partial charge in [-0.3, -0.25) is 4.79 Å². The molecule has 2 saturated heterocycles. The first-order valence-corrected chi connectivity index (χ1v) is 7.08. The number of piperidine rings is 1. The van der Waals surface area contributed by atoms with Gasteiger partial charge in [-0.25, -0.2) is 4.79 Å². The SMILES string of the molecule is CC1OCCC1(O)CNC(=O)C1CCCN(C(N)=O)C1. The second kappa shape index (κ2) is 5.97. The highest BCUT2D eigenvalue weighted by Gasteiger charge is 2.40. The molecule has 7 nitrogen and oxygen atoms in total. The molecule has 0 aromatic carbocycles. The second-order valence-corrected chi connectivity index (χ2v) is 5.71. The first-order valence-electron chi connectivity index (χ1n) is 7.08. The van der Waals surface area contributed by atoms with Gasteiger partial charge >= 0.3 is 6.03 Å². The van der Waals surface area contributed by atoms with Crippen LogP contribution in [0.3, 0.4) is 0 Å². The number of aliphatic hydroxyl groups is 1. The summed E-state index contributed by atoms with van der Waals surface area (Å²) in [6.07, 6.45) is 1.74. The van der Waals surface area contributed by atoms with Crippen molar-refractivity contribution in [3.63, 3.8) is 0 Å². The van der Waals surface area contributed by atoms with E-state index in [1.54, 1.807) is 6.92 Å². The Hall–Kier alpha value is -1.34. The molecular weight excluding hydrogens is 262 g/mol. The summed E-state index contributed by atoms with van der Waals surface area (Å²) in [5.41, 5.74) is 4.25. The Morgan fingerprint density at radius 1 is 1.55 bits per heavy atom. The van der Waals surface area contributed by atoms with Gasteiger partial charge in [0.2, 0.25) is 5.91 Å². The lowest BCUT2D eigenvalue weighted by atomic mass is 9.94. The van der Waals surface area contributed by atoms with Crippen molar-refractivity contribution in [1.82, 2.24) is 10.2 Å². The average Bonchev–Trinajstić information content (AvgIpc) is 2.76. The molecule has 20 heavy (non-hydrogen) atoms. The average molecular weight is 285 g/mol. The zero-order valence-electron chi connectivity index (χ0n) is 11.8. The molecule has 2 aliphatic rings. The lowest BCUT2D eigenvalue weighted by Gasteiger charge is -2.32. The number of hydrogen-bond acceptors (Lipinski definition) is 4. The van der Waals surface area contributed by atoms with E-state index in [0.29, 0.717) is 26.1 Å². The van der Waals surface area contributed by atoms with Crippen LogP contribution in [0.25, 0.3) is 0 Å². The quantitative estimate of drug-likeness (QED) is 0.646. The van der Waals surface area contributed by atoms with Gasteiger partial charge in [0.05, 0.1) is 12.0 Å². The van der Waals surface area contributed by atoms with Crippen LogP contribution in [-0.2, 0) is 9.53 Å². The summed E-state index contributed by atoms with van der Waals surface area (Å²) in [6, 6.07) is -0.487. The van der Waals surface area contributed by atoms with Crippen LogP contribution in [0.1, 0.15) is 26.2 Å². The van der Waals surface area contributed by atoms with Crippen molar-refractivity contribution in [1.29, 1.82) is 0 Å². The maximum absolute atomic E-state index is 12.1. The summed E-state index contributed by atoms with van der Waals surface area (Å²) in [7, 11) is 0. The number of amides is 3. The fourth-order valence-electron chi connectivity index (χ4n) is 2.78. The van der Waals surface area contributed by atoms with Gasteiger partial charge in [-0.2, -0.15) is 0 Å². The summed E-state index contributed by atoms with van der Waals surface area (Å²) in [5.74, 6) is -0.388. The van der Waals surface area contributed by atoms with Gasteiger partial charge in [0.15, 0.2) is 0 Å². The third kappa shape index (κ3) is 3.21. The Kier molecular flexibility index (Phi) is 4.49. The Bertz CT molecular complexity index is 390. The number of primary amides is 1. The smallest absolute Gasteiger partial charge is 0.314 e. The number of nitrogens with zero attached hydrogens (tertiary/aromatic N) is 1. The zero-order chi connectivity index (χ0) is 14.8. The number of nitrogens with one attached hydrogen (secondary N) is 1. The van der Waals surface area contributed by atoms with E-state index in [1.165, 1.54) is 4.90 Å². The standard InChI is InChI=1S/C13H23N3O4/c1-9-13(19,4-6-20-9)8-15-11(17)10-3-2-5-16(7-10)12(14)18/h9-10,19H,2-8H2,1H3,(H2,14,18)(H,15,17). The van der Waals surface area contributed by atoms with Gasteiger partial charge in [-0.15, -0.1) is 0 Å². The van der Waals surface area contributed by atoms with Gasteiger partial charge in [-0.05, 0) is 19.8 Å². The number of urea groups is 1. The molecule has 3 amide bonds. The molecule has 114 valence electrons. The van der Waals surface area contributed by atoms with E-state index in [1.807, 2.05) is 0 Å².